The lowest BCUT2D eigenvalue weighted by Gasteiger charge is -2.08. The fourth-order valence-electron chi connectivity index (χ4n) is 3.75. The predicted molar refractivity (Wildman–Crippen MR) is 160 cm³/mol. The standard InChI is InChI=1S/C29H22FN7O2.C2H6/c30-26-17-33-29(36-27(26)20-4-1-5-21(13-20)28(31)39)37-34-16-23-11-12-24(15-32-23)35-22-9-7-18(8-10-22)19-3-2-6-25(38)14-19;1-2/h1-17,35,38H,(H2,31,39)(H,33,36,37);1-2H3/b34-16+;. The van der Waals surface area contributed by atoms with Crippen LogP contribution in [-0.2, 0) is 0 Å². The summed E-state index contributed by atoms with van der Waals surface area (Å²) in [6.45, 7) is 4.00. The molecule has 3 aromatic carbocycles. The number of rotatable bonds is 8. The largest absolute Gasteiger partial charge is 0.508 e. The molecule has 5 rings (SSSR count). The molecular formula is C31H28FN7O2. The van der Waals surface area contributed by atoms with Crippen LogP contribution in [0.1, 0.15) is 29.9 Å². The second-order valence-electron chi connectivity index (χ2n) is 8.43. The van der Waals surface area contributed by atoms with Crippen LogP contribution >= 0.6 is 0 Å². The van der Waals surface area contributed by atoms with Crippen LogP contribution in [-0.4, -0.2) is 32.2 Å². The molecule has 9 nitrogen and oxygen atoms in total. The van der Waals surface area contributed by atoms with Crippen molar-refractivity contribution in [2.75, 3.05) is 10.7 Å². The Hall–Kier alpha value is -5.64. The van der Waals surface area contributed by atoms with Crippen LogP contribution in [0.15, 0.2) is 102 Å². The Morgan fingerprint density at radius 2 is 1.61 bits per heavy atom. The Bertz CT molecular complexity index is 1660. The minimum Gasteiger partial charge on any atom is -0.508 e. The van der Waals surface area contributed by atoms with Crippen molar-refractivity contribution in [3.63, 3.8) is 0 Å². The van der Waals surface area contributed by atoms with Gasteiger partial charge in [0, 0.05) is 16.8 Å². The maximum atomic E-state index is 14.3. The highest BCUT2D eigenvalue weighted by Gasteiger charge is 2.11. The van der Waals surface area contributed by atoms with Crippen molar-refractivity contribution in [1.82, 2.24) is 15.0 Å². The van der Waals surface area contributed by atoms with E-state index in [1.165, 1.54) is 18.3 Å². The molecule has 5 aromatic rings. The summed E-state index contributed by atoms with van der Waals surface area (Å²) in [6.07, 6.45) is 4.17. The van der Waals surface area contributed by atoms with Crippen LogP contribution in [0.25, 0.3) is 22.4 Å². The van der Waals surface area contributed by atoms with E-state index in [4.69, 9.17) is 5.73 Å². The number of carbonyl (C=O) groups excluding carboxylic acids is 1. The third-order valence-corrected chi connectivity index (χ3v) is 5.67. The van der Waals surface area contributed by atoms with E-state index >= 15 is 0 Å². The number of aromatic hydroxyl groups is 1. The van der Waals surface area contributed by atoms with Gasteiger partial charge in [0.05, 0.1) is 30.0 Å². The van der Waals surface area contributed by atoms with E-state index in [-0.39, 0.29) is 23.0 Å². The first-order valence-corrected chi connectivity index (χ1v) is 12.8. The van der Waals surface area contributed by atoms with Crippen LogP contribution < -0.4 is 16.5 Å². The summed E-state index contributed by atoms with van der Waals surface area (Å²) in [6, 6.07) is 24.8. The summed E-state index contributed by atoms with van der Waals surface area (Å²) in [5.41, 5.74) is 12.8. The van der Waals surface area contributed by atoms with Gasteiger partial charge in [0.2, 0.25) is 11.9 Å². The van der Waals surface area contributed by atoms with E-state index in [0.29, 0.717) is 11.3 Å². The molecule has 10 heteroatoms. The van der Waals surface area contributed by atoms with Crippen molar-refractivity contribution < 1.29 is 14.3 Å². The topological polar surface area (TPSA) is 138 Å². The number of hydrazone groups is 1. The molecule has 2 aromatic heterocycles. The predicted octanol–water partition coefficient (Wildman–Crippen LogP) is 6.37. The quantitative estimate of drug-likeness (QED) is 0.130. The van der Waals surface area contributed by atoms with E-state index in [9.17, 15) is 14.3 Å². The Morgan fingerprint density at radius 1 is 0.878 bits per heavy atom. The minimum absolute atomic E-state index is 0.00861. The molecule has 0 atom stereocenters. The van der Waals surface area contributed by atoms with E-state index in [1.54, 1.807) is 42.6 Å². The number of aromatic nitrogens is 3. The van der Waals surface area contributed by atoms with Gasteiger partial charge in [-0.25, -0.2) is 19.8 Å². The molecule has 1 amide bonds. The van der Waals surface area contributed by atoms with Crippen LogP contribution in [0.3, 0.4) is 0 Å². The molecule has 0 aliphatic rings. The summed E-state index contributed by atoms with van der Waals surface area (Å²) in [7, 11) is 0. The Morgan fingerprint density at radius 3 is 2.32 bits per heavy atom. The molecule has 0 unspecified atom stereocenters. The highest BCUT2D eigenvalue weighted by molar-refractivity contribution is 5.94. The van der Waals surface area contributed by atoms with Crippen LogP contribution in [0.5, 0.6) is 5.75 Å². The molecule has 0 radical (unpaired) electrons. The highest BCUT2D eigenvalue weighted by atomic mass is 19.1. The first kappa shape index (κ1) is 28.4. The van der Waals surface area contributed by atoms with Crippen LogP contribution in [0.2, 0.25) is 0 Å². The number of nitrogens with zero attached hydrogens (tertiary/aromatic N) is 4. The third-order valence-electron chi connectivity index (χ3n) is 5.67. The SMILES string of the molecule is CC.NC(=O)c1cccc(-c2nc(N/N=C/c3ccc(Nc4ccc(-c5cccc(O)c5)cc4)cn3)ncc2F)c1. The van der Waals surface area contributed by atoms with E-state index in [1.807, 2.05) is 50.2 Å². The lowest BCUT2D eigenvalue weighted by Crippen LogP contribution is -2.10. The van der Waals surface area contributed by atoms with Crippen LogP contribution in [0.4, 0.5) is 21.7 Å². The average molecular weight is 550 g/mol. The number of benzene rings is 3. The molecule has 0 spiro atoms. The van der Waals surface area contributed by atoms with Gasteiger partial charge in [0.25, 0.3) is 0 Å². The summed E-state index contributed by atoms with van der Waals surface area (Å²) in [5.74, 6) is -0.975. The van der Waals surface area contributed by atoms with Crippen LogP contribution in [0, 0.1) is 5.82 Å². The van der Waals surface area contributed by atoms with Gasteiger partial charge < -0.3 is 16.2 Å². The van der Waals surface area contributed by atoms with Crippen molar-refractivity contribution in [2.45, 2.75) is 13.8 Å². The zero-order valence-electron chi connectivity index (χ0n) is 22.4. The van der Waals surface area contributed by atoms with Crippen molar-refractivity contribution in [3.8, 4) is 28.1 Å². The van der Waals surface area contributed by atoms with Gasteiger partial charge in [-0.3, -0.25) is 9.78 Å². The molecular weight excluding hydrogens is 521 g/mol. The number of phenols is 1. The number of hydrogen-bond donors (Lipinski definition) is 4. The zero-order valence-corrected chi connectivity index (χ0v) is 22.4. The number of halogens is 1. The average Bonchev–Trinajstić information content (AvgIpc) is 3.00. The van der Waals surface area contributed by atoms with Gasteiger partial charge >= 0.3 is 0 Å². The van der Waals surface area contributed by atoms with E-state index in [2.05, 4.69) is 30.8 Å². The number of nitrogens with one attached hydrogen (secondary N) is 2. The lowest BCUT2D eigenvalue weighted by molar-refractivity contribution is 0.100. The number of carbonyl (C=O) groups is 1. The molecule has 41 heavy (non-hydrogen) atoms. The number of phenolic OH excluding ortho intramolecular Hbond substituents is 1. The summed E-state index contributed by atoms with van der Waals surface area (Å²) >= 11 is 0. The maximum Gasteiger partial charge on any atom is 0.248 e. The van der Waals surface area contributed by atoms with Gasteiger partial charge in [0.15, 0.2) is 5.82 Å². The molecule has 0 fully saturated rings. The normalized spacial score (nSPS) is 10.5. The van der Waals surface area contributed by atoms with E-state index in [0.717, 1.165) is 28.7 Å². The first-order chi connectivity index (χ1) is 19.9. The molecule has 5 N–H and O–H groups in total. The van der Waals surface area contributed by atoms with Gasteiger partial charge in [0.1, 0.15) is 11.4 Å². The summed E-state index contributed by atoms with van der Waals surface area (Å²) in [4.78, 5) is 23.9. The fourth-order valence-corrected chi connectivity index (χ4v) is 3.75. The zero-order chi connectivity index (χ0) is 29.2. The molecule has 0 saturated carbocycles. The van der Waals surface area contributed by atoms with Crippen molar-refractivity contribution in [1.29, 1.82) is 0 Å². The van der Waals surface area contributed by atoms with E-state index < -0.39 is 11.7 Å². The van der Waals surface area contributed by atoms with Gasteiger partial charge in [-0.1, -0.05) is 50.2 Å². The smallest absolute Gasteiger partial charge is 0.248 e. The summed E-state index contributed by atoms with van der Waals surface area (Å²) < 4.78 is 14.3. The Kier molecular flexibility index (Phi) is 9.29. The molecule has 2 heterocycles. The van der Waals surface area contributed by atoms with Crippen molar-refractivity contribution >= 4 is 29.4 Å². The van der Waals surface area contributed by atoms with Crippen molar-refractivity contribution in [2.24, 2.45) is 10.8 Å². The first-order valence-electron chi connectivity index (χ1n) is 12.8. The van der Waals surface area contributed by atoms with Gasteiger partial charge in [-0.15, -0.1) is 0 Å². The number of pyridine rings is 1. The molecule has 0 aliphatic carbocycles. The highest BCUT2D eigenvalue weighted by Crippen LogP contribution is 2.26. The molecule has 0 saturated heterocycles. The second kappa shape index (κ2) is 13.4. The van der Waals surface area contributed by atoms with Crippen molar-refractivity contribution in [3.05, 3.63) is 114 Å². The monoisotopic (exact) mass is 549 g/mol. The fraction of sp³-hybridized carbons (Fsp3) is 0.0645. The summed E-state index contributed by atoms with van der Waals surface area (Å²) in [5, 5.41) is 17.0. The Balaban J connectivity index is 0.00000189. The Labute approximate surface area is 236 Å². The number of nitrogens with two attached hydrogens (primary N) is 1. The van der Waals surface area contributed by atoms with Gasteiger partial charge in [-0.05, 0) is 59.7 Å². The molecule has 0 aliphatic heterocycles. The number of hydrogen-bond acceptors (Lipinski definition) is 8. The molecule has 0 bridgehead atoms. The van der Waals surface area contributed by atoms with Gasteiger partial charge in [-0.2, -0.15) is 5.10 Å². The minimum atomic E-state index is -0.648. The number of amides is 1. The molecule has 206 valence electrons. The maximum absolute atomic E-state index is 14.3. The third kappa shape index (κ3) is 7.48. The number of anilines is 3. The lowest BCUT2D eigenvalue weighted by atomic mass is 10.1. The second-order valence-corrected chi connectivity index (χ2v) is 8.43. The number of primary amides is 1.